The summed E-state index contributed by atoms with van der Waals surface area (Å²) >= 11 is 0. The molecule has 0 spiro atoms. The molecule has 3 rings (SSSR count). The highest BCUT2D eigenvalue weighted by molar-refractivity contribution is 7.89. The van der Waals surface area contributed by atoms with E-state index in [0.29, 0.717) is 5.84 Å². The minimum Gasteiger partial charge on any atom is -0.462 e. The summed E-state index contributed by atoms with van der Waals surface area (Å²) in [4.78, 5) is 16.6. The smallest absolute Gasteiger partial charge is 0.339 e. The number of ether oxygens (including phenoxy) is 1. The number of esters is 1. The van der Waals surface area contributed by atoms with E-state index in [9.17, 15) is 13.2 Å². The Morgan fingerprint density at radius 3 is 2.48 bits per heavy atom. The van der Waals surface area contributed by atoms with Crippen molar-refractivity contribution in [1.29, 1.82) is 0 Å². The summed E-state index contributed by atoms with van der Waals surface area (Å²) < 4.78 is 32.7. The van der Waals surface area contributed by atoms with Gasteiger partial charge >= 0.3 is 5.97 Å². The molecule has 0 bridgehead atoms. The van der Waals surface area contributed by atoms with Crippen LogP contribution in [0.15, 0.2) is 58.4 Å². The molecule has 0 N–H and O–H groups in total. The largest absolute Gasteiger partial charge is 0.462 e. The van der Waals surface area contributed by atoms with E-state index in [4.69, 9.17) is 4.74 Å². The zero-order valence-corrected chi connectivity index (χ0v) is 16.4. The molecule has 1 atom stereocenters. The highest BCUT2D eigenvalue weighted by Gasteiger charge is 2.35. The van der Waals surface area contributed by atoms with Crippen molar-refractivity contribution in [2.45, 2.75) is 31.7 Å². The maximum absolute atomic E-state index is 13.2. The number of aryl methyl sites for hydroxylation is 1. The Balaban J connectivity index is 1.94. The molecule has 1 aliphatic heterocycles. The van der Waals surface area contributed by atoms with Gasteiger partial charge < -0.3 is 4.74 Å². The highest BCUT2D eigenvalue weighted by atomic mass is 32.2. The minimum atomic E-state index is -3.93. The van der Waals surface area contributed by atoms with E-state index in [1.165, 1.54) is 16.4 Å². The Hall–Kier alpha value is -2.67. The van der Waals surface area contributed by atoms with Gasteiger partial charge in [0.05, 0.1) is 24.8 Å². The van der Waals surface area contributed by atoms with E-state index in [1.807, 2.05) is 31.2 Å². The average Bonchev–Trinajstić information content (AvgIpc) is 3.05. The van der Waals surface area contributed by atoms with Crippen molar-refractivity contribution in [2.75, 3.05) is 13.2 Å². The Kier molecular flexibility index (Phi) is 5.32. The van der Waals surface area contributed by atoms with Crippen LogP contribution in [0.2, 0.25) is 0 Å². The molecule has 7 heteroatoms. The fraction of sp³-hybridized carbons (Fsp3) is 0.300. The van der Waals surface area contributed by atoms with Gasteiger partial charge in [-0.15, -0.1) is 0 Å². The van der Waals surface area contributed by atoms with Gasteiger partial charge in [-0.1, -0.05) is 42.0 Å². The molecule has 1 unspecified atom stereocenters. The van der Waals surface area contributed by atoms with Gasteiger partial charge in [-0.05, 0) is 38.5 Å². The lowest BCUT2D eigenvalue weighted by molar-refractivity contribution is 0.0521. The molecule has 6 nitrogen and oxygen atoms in total. The van der Waals surface area contributed by atoms with Crippen LogP contribution in [0.5, 0.6) is 0 Å². The van der Waals surface area contributed by atoms with Crippen molar-refractivity contribution in [2.24, 2.45) is 4.99 Å². The molecule has 0 saturated heterocycles. The molecule has 2 aromatic rings. The monoisotopic (exact) mass is 386 g/mol. The zero-order chi connectivity index (χ0) is 19.6. The number of hydrogen-bond acceptors (Lipinski definition) is 5. The molecule has 0 fully saturated rings. The molecule has 2 aromatic carbocycles. The normalized spacial score (nSPS) is 16.9. The quantitative estimate of drug-likeness (QED) is 0.739. The van der Waals surface area contributed by atoms with Crippen molar-refractivity contribution >= 4 is 21.8 Å². The fourth-order valence-electron chi connectivity index (χ4n) is 3.05. The molecule has 0 radical (unpaired) electrons. The van der Waals surface area contributed by atoms with Gasteiger partial charge in [-0.2, -0.15) is 0 Å². The predicted octanol–water partition coefficient (Wildman–Crippen LogP) is 3.34. The van der Waals surface area contributed by atoms with Crippen LogP contribution in [0.25, 0.3) is 0 Å². The maximum Gasteiger partial charge on any atom is 0.339 e. The first-order valence-electron chi connectivity index (χ1n) is 8.74. The van der Waals surface area contributed by atoms with E-state index in [2.05, 4.69) is 4.99 Å². The number of carbonyl (C=O) groups excluding carboxylic acids is 1. The molecule has 0 aliphatic carbocycles. The second kappa shape index (κ2) is 7.52. The second-order valence-electron chi connectivity index (χ2n) is 6.36. The lowest BCUT2D eigenvalue weighted by Gasteiger charge is -2.21. The maximum atomic E-state index is 13.2. The molecular weight excluding hydrogens is 364 g/mol. The van der Waals surface area contributed by atoms with Crippen LogP contribution in [0.4, 0.5) is 0 Å². The summed E-state index contributed by atoms with van der Waals surface area (Å²) in [5, 5.41) is 0. The van der Waals surface area contributed by atoms with Crippen LogP contribution < -0.4 is 0 Å². The van der Waals surface area contributed by atoms with Gasteiger partial charge in [0.1, 0.15) is 10.7 Å². The minimum absolute atomic E-state index is 0.0333. The first-order chi connectivity index (χ1) is 12.8. The Morgan fingerprint density at radius 2 is 1.81 bits per heavy atom. The highest BCUT2D eigenvalue weighted by Crippen LogP contribution is 2.30. The third-order valence-corrected chi connectivity index (χ3v) is 6.36. The van der Waals surface area contributed by atoms with Crippen molar-refractivity contribution in [3.63, 3.8) is 0 Å². The number of sulfonamides is 1. The molecule has 142 valence electrons. The van der Waals surface area contributed by atoms with Crippen molar-refractivity contribution in [3.8, 4) is 0 Å². The van der Waals surface area contributed by atoms with Crippen LogP contribution in [-0.4, -0.2) is 37.7 Å². The summed E-state index contributed by atoms with van der Waals surface area (Å²) in [7, 11) is -3.93. The number of amidine groups is 1. The average molecular weight is 386 g/mol. The molecule has 1 heterocycles. The number of aliphatic imine (C=N–C) groups is 1. The van der Waals surface area contributed by atoms with Gasteiger partial charge in [0.15, 0.2) is 0 Å². The lowest BCUT2D eigenvalue weighted by atomic mass is 10.1. The number of benzene rings is 2. The number of rotatable bonds is 5. The third-order valence-electron chi connectivity index (χ3n) is 4.45. The van der Waals surface area contributed by atoms with Crippen LogP contribution in [-0.2, 0) is 14.8 Å². The van der Waals surface area contributed by atoms with E-state index in [0.717, 1.165) is 11.1 Å². The van der Waals surface area contributed by atoms with Gasteiger partial charge in [0.25, 0.3) is 10.0 Å². The third kappa shape index (κ3) is 3.73. The Labute approximate surface area is 159 Å². The predicted molar refractivity (Wildman–Crippen MR) is 103 cm³/mol. The van der Waals surface area contributed by atoms with Crippen molar-refractivity contribution in [3.05, 3.63) is 65.2 Å². The summed E-state index contributed by atoms with van der Waals surface area (Å²) in [5.41, 5.74) is 2.12. The summed E-state index contributed by atoms with van der Waals surface area (Å²) in [6.07, 6.45) is 0. The standard InChI is InChI=1S/C20H22N2O4S/c1-4-26-20(23)17-7-5-6-8-19(17)27(24,25)22-13-18(21-15(22)3)16-11-9-14(2)10-12-16/h5-12,18H,4,13H2,1-3H3. The van der Waals surface area contributed by atoms with Gasteiger partial charge in [0.2, 0.25) is 0 Å². The second-order valence-corrected chi connectivity index (χ2v) is 8.19. The molecule has 0 amide bonds. The van der Waals surface area contributed by atoms with E-state index >= 15 is 0 Å². The zero-order valence-electron chi connectivity index (χ0n) is 15.5. The number of hydrogen-bond donors (Lipinski definition) is 0. The van der Waals surface area contributed by atoms with Crippen LogP contribution in [0, 0.1) is 6.92 Å². The lowest BCUT2D eigenvalue weighted by Crippen LogP contribution is -2.34. The number of nitrogens with zero attached hydrogens (tertiary/aromatic N) is 2. The molecule has 0 saturated carbocycles. The molecule has 27 heavy (non-hydrogen) atoms. The van der Waals surface area contributed by atoms with Crippen LogP contribution in [0.3, 0.4) is 0 Å². The summed E-state index contributed by atoms with van der Waals surface area (Å²) in [6.45, 7) is 5.72. The Morgan fingerprint density at radius 1 is 1.15 bits per heavy atom. The first kappa shape index (κ1) is 19.1. The van der Waals surface area contributed by atoms with Gasteiger partial charge in [0, 0.05) is 0 Å². The SMILES string of the molecule is CCOC(=O)c1ccccc1S(=O)(=O)N1CC(c2ccc(C)cc2)N=C1C. The van der Waals surface area contributed by atoms with Crippen molar-refractivity contribution < 1.29 is 17.9 Å². The van der Waals surface area contributed by atoms with Crippen LogP contribution in [0.1, 0.15) is 41.4 Å². The first-order valence-corrected chi connectivity index (χ1v) is 10.2. The fourth-order valence-corrected chi connectivity index (χ4v) is 4.70. The van der Waals surface area contributed by atoms with E-state index in [1.54, 1.807) is 26.0 Å². The summed E-state index contributed by atoms with van der Waals surface area (Å²) in [5.74, 6) is -0.250. The Bertz CT molecular complexity index is 981. The molecule has 0 aromatic heterocycles. The van der Waals surface area contributed by atoms with E-state index < -0.39 is 16.0 Å². The van der Waals surface area contributed by atoms with Gasteiger partial charge in [-0.3, -0.25) is 9.30 Å². The van der Waals surface area contributed by atoms with Crippen molar-refractivity contribution in [1.82, 2.24) is 4.31 Å². The molecular formula is C20H22N2O4S. The van der Waals surface area contributed by atoms with E-state index in [-0.39, 0.29) is 29.7 Å². The van der Waals surface area contributed by atoms with Gasteiger partial charge in [-0.25, -0.2) is 13.2 Å². The summed E-state index contributed by atoms with van der Waals surface area (Å²) in [6, 6.07) is 13.7. The number of carbonyl (C=O) groups is 1. The topological polar surface area (TPSA) is 76.0 Å². The molecule has 1 aliphatic rings. The van der Waals surface area contributed by atoms with Crippen LogP contribution >= 0.6 is 0 Å².